The molecule has 0 bridgehead atoms. The van der Waals surface area contributed by atoms with Crippen molar-refractivity contribution in [1.82, 2.24) is 5.43 Å². The van der Waals surface area contributed by atoms with Crippen molar-refractivity contribution in [2.75, 3.05) is 7.11 Å². The minimum Gasteiger partial charge on any atom is -0.507 e. The molecular formula is C32H40ClN3O10. The molecule has 46 heavy (non-hydrogen) atoms. The van der Waals surface area contributed by atoms with Crippen molar-refractivity contribution in [3.63, 3.8) is 0 Å². The number of phenols is 2. The molecule has 5 rings (SSSR count). The third-order valence-corrected chi connectivity index (χ3v) is 8.92. The first-order valence-electron chi connectivity index (χ1n) is 15.0. The van der Waals surface area contributed by atoms with E-state index in [1.165, 1.54) is 32.2 Å². The summed E-state index contributed by atoms with van der Waals surface area (Å²) in [6.07, 6.45) is -2.65. The molecule has 6 atom stereocenters. The number of carbonyl (C=O) groups is 3. The zero-order valence-corrected chi connectivity index (χ0v) is 26.8. The van der Waals surface area contributed by atoms with Crippen LogP contribution in [0.1, 0.15) is 102 Å². The number of hydrogen-bond donors (Lipinski definition) is 6. The predicted molar refractivity (Wildman–Crippen MR) is 168 cm³/mol. The summed E-state index contributed by atoms with van der Waals surface area (Å²) in [4.78, 5) is 39.8. The van der Waals surface area contributed by atoms with Gasteiger partial charge >= 0.3 is 0 Å². The maximum absolute atomic E-state index is 13.8. The number of ketones is 2. The molecule has 0 radical (unpaired) electrons. The fraction of sp³-hybridized carbons (Fsp3) is 0.500. The Hall–Kier alpha value is -3.59. The van der Waals surface area contributed by atoms with Gasteiger partial charge in [0, 0.05) is 48.4 Å². The highest BCUT2D eigenvalue weighted by atomic mass is 35.5. The average molecular weight is 662 g/mol. The molecule has 250 valence electrons. The summed E-state index contributed by atoms with van der Waals surface area (Å²) in [7, 11) is 1.35. The van der Waals surface area contributed by atoms with E-state index >= 15 is 0 Å². The summed E-state index contributed by atoms with van der Waals surface area (Å²) >= 11 is 0. The normalized spacial score (nSPS) is 27.2. The summed E-state index contributed by atoms with van der Waals surface area (Å²) < 4.78 is 17.4. The summed E-state index contributed by atoms with van der Waals surface area (Å²) in [6, 6.07) is 3.78. The van der Waals surface area contributed by atoms with Gasteiger partial charge in [0.15, 0.2) is 12.1 Å². The number of nitrogens with zero attached hydrogens (tertiary/aromatic N) is 1. The van der Waals surface area contributed by atoms with Gasteiger partial charge in [-0.25, -0.2) is 5.43 Å². The van der Waals surface area contributed by atoms with E-state index in [0.717, 1.165) is 6.42 Å². The van der Waals surface area contributed by atoms with Crippen molar-refractivity contribution in [1.29, 1.82) is 0 Å². The number of benzene rings is 2. The Kier molecular flexibility index (Phi) is 10.5. The van der Waals surface area contributed by atoms with Gasteiger partial charge in [0.25, 0.3) is 0 Å². The number of unbranched alkanes of at least 4 members (excludes halogenated alkanes) is 1. The standard InChI is InChI=1S/C32H39N3O10.ClH/c1-5-6-10-21(36)35-34-15(3)32(42)12-17-24(20(13-32)45-22-11-18(33)27(37)14(2)44-22)31(41)26-25(29(17)39)28(38)16-8-7-9-19(43-4)23(16)30(26)40;/h7-9,14,18,20,22,27,37,39,41-42H,5-6,10-13,33H2,1-4H3,(H,35,36);1H/b34-15+;/t14?,18?,20-,22?,27?,32-;/m0./s1. The van der Waals surface area contributed by atoms with Gasteiger partial charge in [-0.15, -0.1) is 12.4 Å². The first kappa shape index (κ1) is 35.3. The quantitative estimate of drug-likeness (QED) is 0.117. The van der Waals surface area contributed by atoms with E-state index < -0.39 is 70.4 Å². The van der Waals surface area contributed by atoms with Gasteiger partial charge in [0.2, 0.25) is 11.7 Å². The fourth-order valence-electron chi connectivity index (χ4n) is 6.31. The molecule has 1 heterocycles. The van der Waals surface area contributed by atoms with Crippen LogP contribution < -0.4 is 15.9 Å². The third-order valence-electron chi connectivity index (χ3n) is 8.92. The van der Waals surface area contributed by atoms with Crippen molar-refractivity contribution in [3.05, 3.63) is 51.6 Å². The lowest BCUT2D eigenvalue weighted by Gasteiger charge is -2.42. The van der Waals surface area contributed by atoms with E-state index in [2.05, 4.69) is 10.5 Å². The molecule has 1 saturated heterocycles. The van der Waals surface area contributed by atoms with Crippen LogP contribution in [0.25, 0.3) is 0 Å². The minimum absolute atomic E-state index is 0. The number of aliphatic hydroxyl groups excluding tert-OH is 1. The number of carbonyl (C=O) groups excluding carboxylic acids is 3. The van der Waals surface area contributed by atoms with Gasteiger partial charge in [-0.05, 0) is 26.3 Å². The lowest BCUT2D eigenvalue weighted by molar-refractivity contribution is -0.245. The van der Waals surface area contributed by atoms with Crippen LogP contribution in [0.15, 0.2) is 23.3 Å². The molecule has 1 aliphatic heterocycles. The number of hydrazone groups is 1. The van der Waals surface area contributed by atoms with Crippen LogP contribution in [-0.4, -0.2) is 80.9 Å². The number of ether oxygens (including phenoxy) is 3. The number of halogens is 1. The molecule has 13 nitrogen and oxygen atoms in total. The predicted octanol–water partition coefficient (Wildman–Crippen LogP) is 2.54. The first-order chi connectivity index (χ1) is 21.3. The molecule has 1 amide bonds. The summed E-state index contributed by atoms with van der Waals surface area (Å²) in [5.74, 6) is -2.84. The van der Waals surface area contributed by atoms with E-state index in [0.29, 0.717) is 6.42 Å². The largest absolute Gasteiger partial charge is 0.507 e. The van der Waals surface area contributed by atoms with E-state index in [4.69, 9.17) is 19.9 Å². The van der Waals surface area contributed by atoms with Crippen molar-refractivity contribution in [2.45, 2.75) is 95.5 Å². The molecule has 2 aromatic carbocycles. The monoisotopic (exact) mass is 661 g/mol. The third kappa shape index (κ3) is 6.10. The minimum atomic E-state index is -1.83. The maximum Gasteiger partial charge on any atom is 0.240 e. The highest BCUT2D eigenvalue weighted by Crippen LogP contribution is 2.52. The molecule has 2 aromatic rings. The highest BCUT2D eigenvalue weighted by Gasteiger charge is 2.49. The van der Waals surface area contributed by atoms with Crippen LogP contribution in [0.2, 0.25) is 0 Å². The van der Waals surface area contributed by atoms with Gasteiger partial charge in [-0.2, -0.15) is 5.10 Å². The van der Waals surface area contributed by atoms with Crippen LogP contribution in [-0.2, 0) is 20.7 Å². The Morgan fingerprint density at radius 1 is 1.17 bits per heavy atom. The average Bonchev–Trinajstić information content (AvgIpc) is 3.01. The van der Waals surface area contributed by atoms with Crippen LogP contribution in [0.3, 0.4) is 0 Å². The molecule has 2 aliphatic carbocycles. The molecule has 14 heteroatoms. The number of nitrogens with one attached hydrogen (secondary N) is 1. The van der Waals surface area contributed by atoms with Crippen LogP contribution in [0, 0.1) is 0 Å². The SMILES string of the molecule is CCCCC(=O)N/N=C(\C)[C@]1(O)Cc2c(O)c3c(c(O)c2[C@@H](OC2CC(N)C(O)C(C)O2)C1)C(=O)c1c(OC)cccc1C3=O.Cl. The number of fused-ring (bicyclic) bond motifs is 3. The van der Waals surface area contributed by atoms with Gasteiger partial charge in [0.1, 0.15) is 22.8 Å². The Morgan fingerprint density at radius 2 is 1.87 bits per heavy atom. The summed E-state index contributed by atoms with van der Waals surface area (Å²) in [6.45, 7) is 5.07. The Morgan fingerprint density at radius 3 is 2.52 bits per heavy atom. The number of hydrogen-bond acceptors (Lipinski definition) is 12. The molecule has 0 spiro atoms. The summed E-state index contributed by atoms with van der Waals surface area (Å²) in [5, 5.41) is 49.7. The van der Waals surface area contributed by atoms with Gasteiger partial charge in [-0.1, -0.05) is 25.5 Å². The number of amides is 1. The van der Waals surface area contributed by atoms with Crippen molar-refractivity contribution >= 4 is 35.6 Å². The Balaban J connectivity index is 0.00000480. The van der Waals surface area contributed by atoms with E-state index in [9.17, 15) is 34.8 Å². The van der Waals surface area contributed by atoms with Crippen molar-refractivity contribution < 1.29 is 49.0 Å². The van der Waals surface area contributed by atoms with Gasteiger partial charge in [0.05, 0.1) is 47.8 Å². The fourth-order valence-corrected chi connectivity index (χ4v) is 6.31. The molecule has 0 aromatic heterocycles. The molecule has 7 N–H and O–H groups in total. The number of rotatable bonds is 8. The highest BCUT2D eigenvalue weighted by molar-refractivity contribution is 6.31. The van der Waals surface area contributed by atoms with Crippen molar-refractivity contribution in [2.24, 2.45) is 10.8 Å². The second kappa shape index (κ2) is 13.6. The number of aromatic hydroxyl groups is 2. The molecule has 0 saturated carbocycles. The Bertz CT molecular complexity index is 1570. The molecule has 3 aliphatic rings. The number of aliphatic hydroxyl groups is 2. The van der Waals surface area contributed by atoms with E-state index in [-0.39, 0.29) is 77.7 Å². The van der Waals surface area contributed by atoms with Gasteiger partial charge < -0.3 is 40.4 Å². The van der Waals surface area contributed by atoms with Gasteiger partial charge in [-0.3, -0.25) is 14.4 Å². The molecule has 1 fully saturated rings. The van der Waals surface area contributed by atoms with Crippen LogP contribution in [0.4, 0.5) is 0 Å². The zero-order chi connectivity index (χ0) is 32.8. The maximum atomic E-state index is 13.8. The number of nitrogens with two attached hydrogens (primary N) is 1. The number of phenolic OH excluding ortho intramolecular Hbond substituents is 2. The second-order valence-corrected chi connectivity index (χ2v) is 11.9. The number of methoxy groups -OCH3 is 1. The Labute approximate surface area is 272 Å². The lowest BCUT2D eigenvalue weighted by atomic mass is 9.72. The van der Waals surface area contributed by atoms with E-state index in [1.807, 2.05) is 6.92 Å². The first-order valence-corrected chi connectivity index (χ1v) is 15.0. The molecular weight excluding hydrogens is 622 g/mol. The van der Waals surface area contributed by atoms with E-state index in [1.54, 1.807) is 6.92 Å². The smallest absolute Gasteiger partial charge is 0.240 e. The lowest BCUT2D eigenvalue weighted by Crippen LogP contribution is -2.52. The second-order valence-electron chi connectivity index (χ2n) is 11.9. The van der Waals surface area contributed by atoms with Crippen LogP contribution in [0.5, 0.6) is 17.2 Å². The topological polar surface area (TPSA) is 210 Å². The van der Waals surface area contributed by atoms with Crippen molar-refractivity contribution in [3.8, 4) is 17.2 Å². The van der Waals surface area contributed by atoms with Crippen LogP contribution >= 0.6 is 12.4 Å². The molecule has 4 unspecified atom stereocenters. The summed E-state index contributed by atoms with van der Waals surface area (Å²) in [5.41, 5.74) is 5.89. The zero-order valence-electron chi connectivity index (χ0n) is 26.0.